The lowest BCUT2D eigenvalue weighted by Gasteiger charge is -2.04. The number of benzene rings is 2. The van der Waals surface area contributed by atoms with Gasteiger partial charge in [0.2, 0.25) is 5.91 Å². The van der Waals surface area contributed by atoms with Crippen LogP contribution in [0.1, 0.15) is 18.1 Å². The maximum absolute atomic E-state index is 11.8. The van der Waals surface area contributed by atoms with Gasteiger partial charge in [0.15, 0.2) is 0 Å². The van der Waals surface area contributed by atoms with Crippen LogP contribution in [0.25, 0.3) is 0 Å². The topological polar surface area (TPSA) is 50.7 Å². The number of carbonyl (C=O) groups excluding carboxylic acids is 1. The Kier molecular flexibility index (Phi) is 5.98. The highest BCUT2D eigenvalue weighted by Gasteiger charge is 2.02. The molecule has 5 heteroatoms. The van der Waals surface area contributed by atoms with Crippen molar-refractivity contribution in [2.75, 3.05) is 6.61 Å². The first-order chi connectivity index (χ1) is 10.7. The van der Waals surface area contributed by atoms with Gasteiger partial charge in [-0.2, -0.15) is 5.10 Å². The SMILES string of the molecule is CCOc1ccc(CC(=O)N/N=C\c2cccc(Cl)c2)cc1. The molecular formula is C17H17ClN2O2. The summed E-state index contributed by atoms with van der Waals surface area (Å²) in [6, 6.07) is 14.7. The minimum absolute atomic E-state index is 0.178. The fourth-order valence-electron chi connectivity index (χ4n) is 1.86. The Labute approximate surface area is 134 Å². The quantitative estimate of drug-likeness (QED) is 0.655. The Morgan fingerprint density at radius 3 is 2.73 bits per heavy atom. The highest BCUT2D eigenvalue weighted by molar-refractivity contribution is 6.30. The zero-order chi connectivity index (χ0) is 15.8. The van der Waals surface area contributed by atoms with Gasteiger partial charge in [-0.25, -0.2) is 5.43 Å². The first-order valence-electron chi connectivity index (χ1n) is 6.96. The number of hydrogen-bond acceptors (Lipinski definition) is 3. The number of nitrogens with one attached hydrogen (secondary N) is 1. The maximum atomic E-state index is 11.8. The average molecular weight is 317 g/mol. The third-order valence-corrected chi connectivity index (χ3v) is 3.09. The summed E-state index contributed by atoms with van der Waals surface area (Å²) >= 11 is 5.87. The second-order valence-electron chi connectivity index (χ2n) is 4.60. The Bertz CT molecular complexity index is 654. The van der Waals surface area contributed by atoms with Crippen LogP contribution >= 0.6 is 11.6 Å². The Morgan fingerprint density at radius 1 is 1.27 bits per heavy atom. The number of ether oxygens (including phenoxy) is 1. The normalized spacial score (nSPS) is 10.6. The number of hydrazone groups is 1. The van der Waals surface area contributed by atoms with Gasteiger partial charge in [0.05, 0.1) is 19.2 Å². The molecular weight excluding hydrogens is 300 g/mol. The highest BCUT2D eigenvalue weighted by Crippen LogP contribution is 2.12. The van der Waals surface area contributed by atoms with Crippen molar-refractivity contribution < 1.29 is 9.53 Å². The molecule has 1 amide bonds. The molecule has 2 aromatic carbocycles. The second kappa shape index (κ2) is 8.20. The van der Waals surface area contributed by atoms with E-state index in [0.717, 1.165) is 16.9 Å². The minimum Gasteiger partial charge on any atom is -0.494 e. The predicted octanol–water partition coefficient (Wildman–Crippen LogP) is 3.43. The largest absolute Gasteiger partial charge is 0.494 e. The van der Waals surface area contributed by atoms with Crippen LogP contribution in [0.2, 0.25) is 5.02 Å². The van der Waals surface area contributed by atoms with Crippen molar-refractivity contribution in [3.8, 4) is 5.75 Å². The van der Waals surface area contributed by atoms with E-state index in [4.69, 9.17) is 16.3 Å². The third kappa shape index (κ3) is 5.22. The predicted molar refractivity (Wildman–Crippen MR) is 88.5 cm³/mol. The van der Waals surface area contributed by atoms with Gasteiger partial charge in [-0.05, 0) is 42.3 Å². The zero-order valence-corrected chi connectivity index (χ0v) is 13.0. The lowest BCUT2D eigenvalue weighted by atomic mass is 10.1. The molecule has 1 N–H and O–H groups in total. The Balaban J connectivity index is 1.85. The Hall–Kier alpha value is -2.33. The van der Waals surface area contributed by atoms with Crippen molar-refractivity contribution >= 4 is 23.7 Å². The van der Waals surface area contributed by atoms with Gasteiger partial charge in [-0.3, -0.25) is 4.79 Å². The van der Waals surface area contributed by atoms with Gasteiger partial charge in [0.1, 0.15) is 5.75 Å². The van der Waals surface area contributed by atoms with Gasteiger partial charge in [0, 0.05) is 5.02 Å². The van der Waals surface area contributed by atoms with Crippen LogP contribution in [0.15, 0.2) is 53.6 Å². The fraction of sp³-hybridized carbons (Fsp3) is 0.176. The van der Waals surface area contributed by atoms with E-state index in [1.807, 2.05) is 43.3 Å². The zero-order valence-electron chi connectivity index (χ0n) is 12.3. The molecule has 2 rings (SSSR count). The lowest BCUT2D eigenvalue weighted by Crippen LogP contribution is -2.19. The number of rotatable bonds is 6. The lowest BCUT2D eigenvalue weighted by molar-refractivity contribution is -0.120. The van der Waals surface area contributed by atoms with Gasteiger partial charge in [-0.1, -0.05) is 35.9 Å². The van der Waals surface area contributed by atoms with Crippen LogP contribution < -0.4 is 10.2 Å². The molecule has 0 aliphatic carbocycles. The summed E-state index contributed by atoms with van der Waals surface area (Å²) in [5, 5.41) is 4.55. The first kappa shape index (κ1) is 16.0. The molecule has 4 nitrogen and oxygen atoms in total. The van der Waals surface area contributed by atoms with Crippen molar-refractivity contribution in [1.29, 1.82) is 0 Å². The first-order valence-corrected chi connectivity index (χ1v) is 7.34. The molecule has 0 aliphatic rings. The fourth-order valence-corrected chi connectivity index (χ4v) is 2.06. The van der Waals surface area contributed by atoms with Gasteiger partial charge in [0.25, 0.3) is 0 Å². The van der Waals surface area contributed by atoms with Crippen LogP contribution in [-0.2, 0) is 11.2 Å². The van der Waals surface area contributed by atoms with Crippen LogP contribution in [-0.4, -0.2) is 18.7 Å². The van der Waals surface area contributed by atoms with E-state index in [0.29, 0.717) is 11.6 Å². The van der Waals surface area contributed by atoms with Gasteiger partial charge in [-0.15, -0.1) is 0 Å². The molecule has 0 bridgehead atoms. The van der Waals surface area contributed by atoms with E-state index >= 15 is 0 Å². The standard InChI is InChI=1S/C17H17ClN2O2/c1-2-22-16-8-6-13(7-9-16)11-17(21)20-19-12-14-4-3-5-15(18)10-14/h3-10,12H,2,11H2,1H3,(H,20,21)/b19-12-. The summed E-state index contributed by atoms with van der Waals surface area (Å²) in [4.78, 5) is 11.8. The minimum atomic E-state index is -0.178. The van der Waals surface area contributed by atoms with Crippen molar-refractivity contribution in [3.05, 3.63) is 64.7 Å². The Morgan fingerprint density at radius 2 is 2.05 bits per heavy atom. The van der Waals surface area contributed by atoms with Crippen molar-refractivity contribution in [1.82, 2.24) is 5.43 Å². The molecule has 0 aliphatic heterocycles. The molecule has 0 aromatic heterocycles. The number of carbonyl (C=O) groups is 1. The smallest absolute Gasteiger partial charge is 0.244 e. The van der Waals surface area contributed by atoms with E-state index in [2.05, 4.69) is 10.5 Å². The molecule has 0 saturated carbocycles. The molecule has 0 saturated heterocycles. The number of halogens is 1. The molecule has 0 atom stereocenters. The number of nitrogens with zero attached hydrogens (tertiary/aromatic N) is 1. The molecule has 22 heavy (non-hydrogen) atoms. The maximum Gasteiger partial charge on any atom is 0.244 e. The highest BCUT2D eigenvalue weighted by atomic mass is 35.5. The monoisotopic (exact) mass is 316 g/mol. The average Bonchev–Trinajstić information content (AvgIpc) is 2.50. The molecule has 0 unspecified atom stereocenters. The summed E-state index contributed by atoms with van der Waals surface area (Å²) in [6.07, 6.45) is 1.82. The van der Waals surface area contributed by atoms with E-state index in [9.17, 15) is 4.79 Å². The van der Waals surface area contributed by atoms with E-state index in [1.165, 1.54) is 0 Å². The summed E-state index contributed by atoms with van der Waals surface area (Å²) in [5.74, 6) is 0.619. The van der Waals surface area contributed by atoms with Crippen molar-refractivity contribution in [2.45, 2.75) is 13.3 Å². The van der Waals surface area contributed by atoms with Crippen molar-refractivity contribution in [2.24, 2.45) is 5.10 Å². The summed E-state index contributed by atoms with van der Waals surface area (Å²) < 4.78 is 5.35. The number of hydrogen-bond donors (Lipinski definition) is 1. The molecule has 0 fully saturated rings. The summed E-state index contributed by atoms with van der Waals surface area (Å²) in [7, 11) is 0. The van der Waals surface area contributed by atoms with Crippen LogP contribution in [0.5, 0.6) is 5.75 Å². The van der Waals surface area contributed by atoms with Crippen LogP contribution in [0, 0.1) is 0 Å². The molecule has 0 spiro atoms. The van der Waals surface area contributed by atoms with E-state index < -0.39 is 0 Å². The van der Waals surface area contributed by atoms with Crippen LogP contribution in [0.4, 0.5) is 0 Å². The molecule has 114 valence electrons. The van der Waals surface area contributed by atoms with Gasteiger partial charge < -0.3 is 4.74 Å². The second-order valence-corrected chi connectivity index (χ2v) is 5.04. The van der Waals surface area contributed by atoms with E-state index in [-0.39, 0.29) is 12.3 Å². The van der Waals surface area contributed by atoms with Crippen LogP contribution in [0.3, 0.4) is 0 Å². The molecule has 0 heterocycles. The summed E-state index contributed by atoms with van der Waals surface area (Å²) in [5.41, 5.74) is 4.22. The number of amides is 1. The molecule has 2 aromatic rings. The molecule has 0 radical (unpaired) electrons. The summed E-state index contributed by atoms with van der Waals surface area (Å²) in [6.45, 7) is 2.55. The van der Waals surface area contributed by atoms with E-state index in [1.54, 1.807) is 18.3 Å². The van der Waals surface area contributed by atoms with Gasteiger partial charge >= 0.3 is 0 Å². The third-order valence-electron chi connectivity index (χ3n) is 2.85. The van der Waals surface area contributed by atoms with Crippen molar-refractivity contribution in [3.63, 3.8) is 0 Å².